The number of benzene rings is 8. The molecule has 0 spiro atoms. The van der Waals surface area contributed by atoms with E-state index >= 15 is 0 Å². The van der Waals surface area contributed by atoms with Crippen molar-refractivity contribution >= 4 is 0 Å². The van der Waals surface area contributed by atoms with E-state index in [1.165, 1.54) is 44.5 Å². The summed E-state index contributed by atoms with van der Waals surface area (Å²) in [4.78, 5) is 0. The number of pyridine rings is 4. The van der Waals surface area contributed by atoms with E-state index in [0.717, 1.165) is 92.9 Å². The summed E-state index contributed by atoms with van der Waals surface area (Å²) < 4.78 is 8.81. The predicted molar refractivity (Wildman–Crippen MR) is 412 cm³/mol. The highest BCUT2D eigenvalue weighted by atomic mass is 14.9. The van der Waals surface area contributed by atoms with Gasteiger partial charge in [0.1, 0.15) is 0 Å². The fourth-order valence-electron chi connectivity index (χ4n) is 12.7. The molecule has 101 heavy (non-hydrogen) atoms. The lowest BCUT2D eigenvalue weighted by molar-refractivity contribution is -0.688. The van der Waals surface area contributed by atoms with Crippen molar-refractivity contribution in [3.8, 4) is 47.4 Å². The minimum atomic E-state index is -0.809. The van der Waals surface area contributed by atoms with E-state index in [1.54, 1.807) is 0 Å². The largest absolute Gasteiger partial charge is 0.201 e. The second kappa shape index (κ2) is 30.0. The first-order valence-corrected chi connectivity index (χ1v) is 35.3. The van der Waals surface area contributed by atoms with Crippen molar-refractivity contribution in [1.82, 2.24) is 0 Å². The molecule has 0 aliphatic carbocycles. The molecule has 0 radical (unpaired) electrons. The van der Waals surface area contributed by atoms with Gasteiger partial charge in [-0.3, -0.25) is 0 Å². The van der Waals surface area contributed by atoms with E-state index in [2.05, 4.69) is 441 Å². The highest BCUT2D eigenvalue weighted by Gasteiger charge is 2.38. The molecule has 0 aliphatic heterocycles. The Morgan fingerprint density at radius 3 is 0.465 bits per heavy atom. The number of aromatic nitrogens is 4. The molecule has 0 bridgehead atoms. The van der Waals surface area contributed by atoms with Crippen molar-refractivity contribution in [3.63, 3.8) is 0 Å². The first kappa shape index (κ1) is 69.5. The molecule has 12 aromatic rings. The van der Waals surface area contributed by atoms with Crippen LogP contribution in [-0.4, -0.2) is 0 Å². The molecule has 4 aromatic heterocycles. The highest BCUT2D eigenvalue weighted by molar-refractivity contribution is 5.63. The fraction of sp³-hybridized carbons (Fsp3) is 0.216. The molecule has 496 valence electrons. The van der Waals surface area contributed by atoms with Crippen LogP contribution in [0.2, 0.25) is 0 Å². The summed E-state index contributed by atoms with van der Waals surface area (Å²) in [5, 5.41) is 0. The maximum absolute atomic E-state index is 3.50. The van der Waals surface area contributed by atoms with Gasteiger partial charge in [0.25, 0.3) is 0 Å². The van der Waals surface area contributed by atoms with Crippen LogP contribution in [0.1, 0.15) is 194 Å². The predicted octanol–water partition coefficient (Wildman–Crippen LogP) is 18.2. The van der Waals surface area contributed by atoms with Crippen LogP contribution in [-0.2, 0) is 53.3 Å². The third-order valence-electron chi connectivity index (χ3n) is 19.0. The second-order valence-electron chi connectivity index (χ2n) is 30.9. The lowest BCUT2D eigenvalue weighted by Crippen LogP contribution is -2.33. The fourth-order valence-corrected chi connectivity index (χ4v) is 12.7. The van der Waals surface area contributed by atoms with Crippen molar-refractivity contribution in [3.05, 3.63) is 403 Å². The summed E-state index contributed by atoms with van der Waals surface area (Å²) in [5.41, 5.74) is 21.9. The normalized spacial score (nSPS) is 11.6. The minimum absolute atomic E-state index is 0.117. The van der Waals surface area contributed by atoms with Crippen molar-refractivity contribution in [2.45, 2.75) is 136 Å². The Labute approximate surface area is 601 Å². The monoisotopic (exact) mass is 1310 g/mol. The van der Waals surface area contributed by atoms with Gasteiger partial charge in [-0.1, -0.05) is 276 Å². The number of rotatable bonds is 12. The Hall–Kier alpha value is -11.4. The van der Waals surface area contributed by atoms with E-state index in [-0.39, 0.29) is 21.7 Å². The van der Waals surface area contributed by atoms with Gasteiger partial charge in [0, 0.05) is 115 Å². The van der Waals surface area contributed by atoms with Crippen molar-refractivity contribution in [2.75, 3.05) is 0 Å². The molecule has 0 N–H and O–H groups in total. The molecule has 0 atom stereocenters. The molecular weight excluding hydrogens is 1220 g/mol. The van der Waals surface area contributed by atoms with Crippen LogP contribution in [0.15, 0.2) is 292 Å². The molecule has 12 rings (SSSR count). The molecular formula is C97H92N4+4. The molecule has 0 unspecified atom stereocenters. The zero-order chi connectivity index (χ0) is 70.8. The van der Waals surface area contributed by atoms with Gasteiger partial charge in [-0.15, -0.1) is 0 Å². The lowest BCUT2D eigenvalue weighted by Gasteiger charge is -2.37. The molecule has 0 fully saturated rings. The molecule has 4 heterocycles. The maximum Gasteiger partial charge on any atom is 0.173 e. The van der Waals surface area contributed by atoms with E-state index in [0.29, 0.717) is 0 Å². The Bertz CT molecular complexity index is 4400. The SMILES string of the molecule is CC(C)(C)c1ccc(C[n+]2ccc(C#Cc3ccc(C(c4ccc(C#Cc5cc[n+](Cc6ccc(C(C)(C)C)cc6)cc5)cc4)(c4ccc(C#Cc5cc[n+](Cc6ccc(C(C)(C)C)cc6)cc5)cc4)c4ccc(C#Cc5cc[n+](Cc6ccc(C(C)(C)C)cc6)cc5)cc4)cc3)cc2)cc1. The van der Waals surface area contributed by atoms with Crippen LogP contribution >= 0.6 is 0 Å². The Kier molecular flexibility index (Phi) is 20.6. The van der Waals surface area contributed by atoms with Gasteiger partial charge in [-0.2, -0.15) is 0 Å². The van der Waals surface area contributed by atoms with Crippen molar-refractivity contribution < 1.29 is 18.3 Å². The number of hydrogen-bond donors (Lipinski definition) is 0. The van der Waals surface area contributed by atoms with Crippen LogP contribution in [0, 0.1) is 47.4 Å². The van der Waals surface area contributed by atoms with E-state index in [4.69, 9.17) is 0 Å². The first-order valence-electron chi connectivity index (χ1n) is 35.3. The van der Waals surface area contributed by atoms with Crippen LogP contribution in [0.3, 0.4) is 0 Å². The molecule has 4 nitrogen and oxygen atoms in total. The van der Waals surface area contributed by atoms with Gasteiger partial charge in [0.2, 0.25) is 0 Å². The van der Waals surface area contributed by atoms with Gasteiger partial charge in [-0.05, 0) is 115 Å². The summed E-state index contributed by atoms with van der Waals surface area (Å²) in [6, 6.07) is 87.9. The van der Waals surface area contributed by atoms with E-state index in [1.807, 2.05) is 0 Å². The molecule has 8 aromatic carbocycles. The average molecular weight is 1310 g/mol. The topological polar surface area (TPSA) is 15.5 Å². The van der Waals surface area contributed by atoms with Gasteiger partial charge in [0.05, 0.1) is 5.41 Å². The molecule has 0 saturated heterocycles. The van der Waals surface area contributed by atoms with Crippen LogP contribution < -0.4 is 18.3 Å². The third kappa shape index (κ3) is 17.9. The van der Waals surface area contributed by atoms with E-state index in [9.17, 15) is 0 Å². The zero-order valence-electron chi connectivity index (χ0n) is 60.8. The summed E-state index contributed by atoms with van der Waals surface area (Å²) >= 11 is 0. The van der Waals surface area contributed by atoms with Crippen molar-refractivity contribution in [1.29, 1.82) is 0 Å². The highest BCUT2D eigenvalue weighted by Crippen LogP contribution is 2.46. The summed E-state index contributed by atoms with van der Waals surface area (Å²) in [7, 11) is 0. The van der Waals surface area contributed by atoms with Gasteiger partial charge in [0.15, 0.2) is 75.8 Å². The van der Waals surface area contributed by atoms with Crippen LogP contribution in [0.5, 0.6) is 0 Å². The summed E-state index contributed by atoms with van der Waals surface area (Å²) in [6.45, 7) is 30.2. The molecule has 0 aliphatic rings. The molecule has 0 amide bonds. The molecule has 0 saturated carbocycles. The summed E-state index contributed by atoms with van der Waals surface area (Å²) in [5.74, 6) is 27.9. The summed E-state index contributed by atoms with van der Waals surface area (Å²) in [6.07, 6.45) is 16.9. The number of nitrogens with zero attached hydrogens (tertiary/aromatic N) is 4. The Morgan fingerprint density at radius 2 is 0.317 bits per heavy atom. The smallest absolute Gasteiger partial charge is 0.173 e. The van der Waals surface area contributed by atoms with E-state index < -0.39 is 5.41 Å². The minimum Gasteiger partial charge on any atom is -0.201 e. The standard InChI is InChI=1S/C97H92N4/c1-93(2,3)85-37-29-81(30-38-85)69-98-61-53-77(54-62-98)17-13-73-21-45-89(46-22-73)97(90-47-23-74(24-48-90)14-18-78-55-63-99(64-56-78)70-82-31-39-86(40-32-82)94(4,5)6,91-49-25-75(26-50-91)15-19-79-57-65-100(66-58-79)71-83-33-41-87(42-34-83)95(7,8)9)92-51-27-76(28-52-92)16-20-80-59-67-101(68-60-80)72-84-35-43-88(44-36-84)96(10,11)12/h21-68H,69-72H2,1-12H3/q+4. The van der Waals surface area contributed by atoms with Crippen LogP contribution in [0.4, 0.5) is 0 Å². The van der Waals surface area contributed by atoms with Crippen molar-refractivity contribution in [2.24, 2.45) is 0 Å². The zero-order valence-corrected chi connectivity index (χ0v) is 60.8. The van der Waals surface area contributed by atoms with Crippen LogP contribution in [0.25, 0.3) is 0 Å². The second-order valence-corrected chi connectivity index (χ2v) is 30.9. The first-order chi connectivity index (χ1) is 48.4. The Balaban J connectivity index is 0.871. The number of hydrogen-bond acceptors (Lipinski definition) is 0. The lowest BCUT2D eigenvalue weighted by atomic mass is 9.65. The van der Waals surface area contributed by atoms with Gasteiger partial charge in [-0.25, -0.2) is 18.3 Å². The quantitative estimate of drug-likeness (QED) is 0.0658. The Morgan fingerprint density at radius 1 is 0.178 bits per heavy atom. The van der Waals surface area contributed by atoms with Gasteiger partial charge >= 0.3 is 0 Å². The third-order valence-corrected chi connectivity index (χ3v) is 19.0. The maximum atomic E-state index is 3.50. The average Bonchev–Trinajstić information content (AvgIpc) is 0.732. The molecule has 4 heteroatoms. The van der Waals surface area contributed by atoms with Gasteiger partial charge < -0.3 is 0 Å².